The van der Waals surface area contributed by atoms with Crippen molar-refractivity contribution in [3.8, 4) is 5.75 Å². The van der Waals surface area contributed by atoms with Crippen LogP contribution in [0.5, 0.6) is 5.75 Å². The molecule has 23 heavy (non-hydrogen) atoms. The maximum atomic E-state index is 11.5. The molecule has 1 heterocycles. The number of halogens is 1. The number of aliphatic carboxylic acids is 1. The number of thioether (sulfide) groups is 1. The van der Waals surface area contributed by atoms with Crippen molar-refractivity contribution in [1.29, 1.82) is 0 Å². The summed E-state index contributed by atoms with van der Waals surface area (Å²) >= 11 is 3.18. The van der Waals surface area contributed by atoms with Gasteiger partial charge >= 0.3 is 5.97 Å². The summed E-state index contributed by atoms with van der Waals surface area (Å²) in [6.07, 6.45) is 3.34. The summed E-state index contributed by atoms with van der Waals surface area (Å²) in [6.45, 7) is 2.04. The third-order valence-corrected chi connectivity index (χ3v) is 4.60. The van der Waals surface area contributed by atoms with E-state index in [9.17, 15) is 9.90 Å². The number of hydrogen-bond acceptors (Lipinski definition) is 5. The van der Waals surface area contributed by atoms with Gasteiger partial charge in [-0.3, -0.25) is 5.10 Å². The third kappa shape index (κ3) is 4.96. The number of nitrogens with one attached hydrogen (secondary N) is 1. The first-order chi connectivity index (χ1) is 11.0. The number of nitrogens with zero attached hydrogens (tertiary/aromatic N) is 2. The number of aryl methyl sites for hydroxylation is 1. The molecule has 1 aromatic carbocycles. The molecule has 1 aromatic heterocycles. The van der Waals surface area contributed by atoms with Gasteiger partial charge < -0.3 is 9.84 Å². The molecule has 2 rings (SSSR count). The fourth-order valence-electron chi connectivity index (χ4n) is 1.83. The minimum absolute atomic E-state index is 0.160. The van der Waals surface area contributed by atoms with Gasteiger partial charge in [0.05, 0.1) is 10.7 Å². The summed E-state index contributed by atoms with van der Waals surface area (Å²) in [5.74, 6) is 0.506. The Balaban J connectivity index is 2.23. The van der Waals surface area contributed by atoms with Gasteiger partial charge in [0.25, 0.3) is 0 Å². The number of carboxylic acids is 1. The molecule has 8 heteroatoms. The van der Waals surface area contributed by atoms with Crippen molar-refractivity contribution in [1.82, 2.24) is 15.2 Å². The fraction of sp³-hybridized carbons (Fsp3) is 0.267. The van der Waals surface area contributed by atoms with Gasteiger partial charge in [0.1, 0.15) is 16.5 Å². The van der Waals surface area contributed by atoms with Crippen LogP contribution in [0.2, 0.25) is 0 Å². The SMILES string of the molecule is CCCc1nc(S/C(=C\c2ccc(OC)c(I)c2)C(=O)O)n[nH]1. The molecule has 0 saturated heterocycles. The number of rotatable bonds is 7. The van der Waals surface area contributed by atoms with Crippen LogP contribution in [0.1, 0.15) is 24.7 Å². The van der Waals surface area contributed by atoms with Crippen molar-refractivity contribution >= 4 is 46.4 Å². The van der Waals surface area contributed by atoms with E-state index in [1.54, 1.807) is 13.2 Å². The van der Waals surface area contributed by atoms with Crippen LogP contribution >= 0.6 is 34.4 Å². The van der Waals surface area contributed by atoms with Gasteiger partial charge in [-0.05, 0) is 64.5 Å². The van der Waals surface area contributed by atoms with Crippen LogP contribution in [0.15, 0.2) is 28.3 Å². The molecule has 0 spiro atoms. The second-order valence-corrected chi connectivity index (χ2v) is 6.80. The number of benzene rings is 1. The van der Waals surface area contributed by atoms with Crippen LogP contribution in [0.3, 0.4) is 0 Å². The number of carboxylic acid groups (broad SMARTS) is 1. The molecular weight excluding hydrogens is 429 g/mol. The van der Waals surface area contributed by atoms with E-state index in [-0.39, 0.29) is 4.91 Å². The highest BCUT2D eigenvalue weighted by molar-refractivity contribution is 14.1. The molecule has 0 radical (unpaired) electrons. The Morgan fingerprint density at radius 1 is 1.52 bits per heavy atom. The standard InChI is InChI=1S/C15H16IN3O3S/c1-3-4-13-17-15(19-18-13)23-12(14(20)21)8-9-5-6-11(22-2)10(16)7-9/h5-8H,3-4H2,1-2H3,(H,20,21)(H,17,18,19)/b12-8-. The minimum Gasteiger partial charge on any atom is -0.496 e. The molecular formula is C15H16IN3O3S. The number of ether oxygens (including phenoxy) is 1. The quantitative estimate of drug-likeness (QED) is 0.385. The molecule has 0 bridgehead atoms. The molecule has 0 saturated carbocycles. The Labute approximate surface area is 151 Å². The first-order valence-corrected chi connectivity index (χ1v) is 8.80. The number of carbonyl (C=O) groups is 1. The van der Waals surface area contributed by atoms with E-state index >= 15 is 0 Å². The fourth-order valence-corrected chi connectivity index (χ4v) is 3.31. The number of methoxy groups -OCH3 is 1. The zero-order valence-corrected chi connectivity index (χ0v) is 15.6. The molecule has 0 aliphatic heterocycles. The van der Waals surface area contributed by atoms with Crippen LogP contribution in [0.4, 0.5) is 0 Å². The Hall–Kier alpha value is -1.55. The van der Waals surface area contributed by atoms with Gasteiger partial charge in [0.15, 0.2) is 0 Å². The molecule has 0 aliphatic rings. The van der Waals surface area contributed by atoms with Crippen molar-refractivity contribution in [3.05, 3.63) is 38.1 Å². The van der Waals surface area contributed by atoms with Crippen LogP contribution in [0, 0.1) is 3.57 Å². The second kappa shape index (κ2) is 8.34. The molecule has 0 amide bonds. The van der Waals surface area contributed by atoms with Crippen LogP contribution in [-0.2, 0) is 11.2 Å². The van der Waals surface area contributed by atoms with E-state index in [4.69, 9.17) is 4.74 Å². The van der Waals surface area contributed by atoms with E-state index < -0.39 is 5.97 Å². The van der Waals surface area contributed by atoms with Crippen molar-refractivity contribution in [2.75, 3.05) is 7.11 Å². The van der Waals surface area contributed by atoms with Gasteiger partial charge in [0.2, 0.25) is 5.16 Å². The smallest absolute Gasteiger partial charge is 0.342 e. The monoisotopic (exact) mass is 445 g/mol. The summed E-state index contributed by atoms with van der Waals surface area (Å²) in [7, 11) is 1.60. The maximum absolute atomic E-state index is 11.5. The largest absolute Gasteiger partial charge is 0.496 e. The zero-order valence-electron chi connectivity index (χ0n) is 12.7. The van der Waals surface area contributed by atoms with Gasteiger partial charge in [-0.15, -0.1) is 5.10 Å². The van der Waals surface area contributed by atoms with Gasteiger partial charge in [-0.1, -0.05) is 13.0 Å². The average Bonchev–Trinajstić information content (AvgIpc) is 2.94. The topological polar surface area (TPSA) is 88.1 Å². The maximum Gasteiger partial charge on any atom is 0.342 e. The molecule has 0 atom stereocenters. The zero-order chi connectivity index (χ0) is 16.8. The summed E-state index contributed by atoms with van der Waals surface area (Å²) in [6, 6.07) is 5.48. The highest BCUT2D eigenvalue weighted by atomic mass is 127. The molecule has 0 fully saturated rings. The molecule has 0 unspecified atom stereocenters. The number of H-pyrrole nitrogens is 1. The van der Waals surface area contributed by atoms with E-state index in [1.165, 1.54) is 0 Å². The van der Waals surface area contributed by atoms with Crippen molar-refractivity contribution in [2.24, 2.45) is 0 Å². The lowest BCUT2D eigenvalue weighted by Gasteiger charge is -2.04. The Morgan fingerprint density at radius 3 is 2.91 bits per heavy atom. The lowest BCUT2D eigenvalue weighted by atomic mass is 10.2. The third-order valence-electron chi connectivity index (χ3n) is 2.88. The highest BCUT2D eigenvalue weighted by Crippen LogP contribution is 2.28. The van der Waals surface area contributed by atoms with E-state index in [0.717, 1.165) is 45.3 Å². The Bertz CT molecular complexity index is 731. The second-order valence-electron chi connectivity index (χ2n) is 4.62. The Kier molecular flexibility index (Phi) is 6.46. The molecule has 2 aromatic rings. The van der Waals surface area contributed by atoms with Crippen molar-refractivity contribution in [2.45, 2.75) is 24.9 Å². The van der Waals surface area contributed by atoms with Crippen molar-refractivity contribution in [3.63, 3.8) is 0 Å². The van der Waals surface area contributed by atoms with Gasteiger partial charge in [-0.2, -0.15) is 0 Å². The number of aromatic amines is 1. The molecule has 122 valence electrons. The lowest BCUT2D eigenvalue weighted by molar-refractivity contribution is -0.131. The molecule has 6 nitrogen and oxygen atoms in total. The van der Waals surface area contributed by atoms with Gasteiger partial charge in [0, 0.05) is 6.42 Å². The van der Waals surface area contributed by atoms with Crippen LogP contribution in [-0.4, -0.2) is 33.4 Å². The number of hydrogen-bond donors (Lipinski definition) is 2. The number of aromatic nitrogens is 3. The summed E-state index contributed by atoms with van der Waals surface area (Å²) in [5, 5.41) is 16.7. The predicted molar refractivity (Wildman–Crippen MR) is 97.6 cm³/mol. The average molecular weight is 445 g/mol. The molecule has 2 N–H and O–H groups in total. The highest BCUT2D eigenvalue weighted by Gasteiger charge is 2.14. The van der Waals surface area contributed by atoms with Crippen LogP contribution < -0.4 is 4.74 Å². The van der Waals surface area contributed by atoms with E-state index in [1.807, 2.05) is 25.1 Å². The van der Waals surface area contributed by atoms with Crippen molar-refractivity contribution < 1.29 is 14.6 Å². The predicted octanol–water partition coefficient (Wildman–Crippen LogP) is 3.59. The summed E-state index contributed by atoms with van der Waals surface area (Å²) in [5.41, 5.74) is 0.782. The minimum atomic E-state index is -1.01. The summed E-state index contributed by atoms with van der Waals surface area (Å²) in [4.78, 5) is 15.9. The Morgan fingerprint density at radius 2 is 2.30 bits per heavy atom. The normalized spacial score (nSPS) is 11.5. The van der Waals surface area contributed by atoms with Crippen LogP contribution in [0.25, 0.3) is 6.08 Å². The molecule has 0 aliphatic carbocycles. The van der Waals surface area contributed by atoms with E-state index in [2.05, 4.69) is 37.8 Å². The van der Waals surface area contributed by atoms with E-state index in [0.29, 0.717) is 5.16 Å². The summed E-state index contributed by atoms with van der Waals surface area (Å²) < 4.78 is 6.11. The van der Waals surface area contributed by atoms with Gasteiger partial charge in [-0.25, -0.2) is 9.78 Å². The first kappa shape index (κ1) is 17.8. The first-order valence-electron chi connectivity index (χ1n) is 6.91. The lowest BCUT2D eigenvalue weighted by Crippen LogP contribution is -1.97.